The van der Waals surface area contributed by atoms with Gasteiger partial charge in [0.1, 0.15) is 11.9 Å². The summed E-state index contributed by atoms with van der Waals surface area (Å²) >= 11 is 0. The number of methoxy groups -OCH3 is 1. The summed E-state index contributed by atoms with van der Waals surface area (Å²) in [7, 11) is 1.60. The van der Waals surface area contributed by atoms with Gasteiger partial charge in [-0.2, -0.15) is 0 Å². The zero-order valence-corrected chi connectivity index (χ0v) is 9.51. The predicted octanol–water partition coefficient (Wildman–Crippen LogP) is 2.27. The molecule has 0 aromatic heterocycles. The van der Waals surface area contributed by atoms with Crippen LogP contribution in [0.2, 0.25) is 0 Å². The van der Waals surface area contributed by atoms with E-state index in [0.29, 0.717) is 12.0 Å². The molecule has 0 aromatic rings. The lowest BCUT2D eigenvalue weighted by Gasteiger charge is -2.30. The van der Waals surface area contributed by atoms with Crippen molar-refractivity contribution in [1.82, 2.24) is 0 Å². The van der Waals surface area contributed by atoms with Crippen molar-refractivity contribution >= 4 is 5.97 Å². The SMILES string of the molecule is COC1=C(C(C)(C)C)C(=O)OC(C)C1. The Balaban J connectivity index is 3.12. The zero-order valence-electron chi connectivity index (χ0n) is 9.51. The molecule has 1 aliphatic rings. The third-order valence-electron chi connectivity index (χ3n) is 2.26. The third-order valence-corrected chi connectivity index (χ3v) is 2.26. The summed E-state index contributed by atoms with van der Waals surface area (Å²) in [6, 6.07) is 0. The van der Waals surface area contributed by atoms with Gasteiger partial charge in [0.05, 0.1) is 12.7 Å². The predicted molar refractivity (Wildman–Crippen MR) is 53.7 cm³/mol. The Bertz CT molecular complexity index is 271. The quantitative estimate of drug-likeness (QED) is 0.606. The van der Waals surface area contributed by atoms with Crippen LogP contribution in [0, 0.1) is 5.41 Å². The molecule has 0 saturated heterocycles. The van der Waals surface area contributed by atoms with Gasteiger partial charge in [0, 0.05) is 6.42 Å². The van der Waals surface area contributed by atoms with E-state index in [4.69, 9.17) is 9.47 Å². The van der Waals surface area contributed by atoms with Crippen molar-refractivity contribution in [2.75, 3.05) is 7.11 Å². The molecule has 14 heavy (non-hydrogen) atoms. The molecule has 0 saturated carbocycles. The molecule has 1 rings (SSSR count). The first kappa shape index (κ1) is 11.1. The standard InChI is InChI=1S/C11H18O3/c1-7-6-8(13-5)9(10(12)14-7)11(2,3)4/h7H,6H2,1-5H3. The van der Waals surface area contributed by atoms with Crippen LogP contribution in [-0.2, 0) is 14.3 Å². The summed E-state index contributed by atoms with van der Waals surface area (Å²) in [5.41, 5.74) is 0.445. The van der Waals surface area contributed by atoms with Crippen LogP contribution in [0.1, 0.15) is 34.1 Å². The molecule has 3 nitrogen and oxygen atoms in total. The van der Waals surface area contributed by atoms with Crippen molar-refractivity contribution in [3.63, 3.8) is 0 Å². The van der Waals surface area contributed by atoms with Gasteiger partial charge in [0.25, 0.3) is 0 Å². The van der Waals surface area contributed by atoms with Crippen LogP contribution in [0.5, 0.6) is 0 Å². The topological polar surface area (TPSA) is 35.5 Å². The van der Waals surface area contributed by atoms with E-state index in [-0.39, 0.29) is 17.5 Å². The summed E-state index contributed by atoms with van der Waals surface area (Å²) in [4.78, 5) is 11.7. The Morgan fingerprint density at radius 3 is 2.43 bits per heavy atom. The summed E-state index contributed by atoms with van der Waals surface area (Å²) in [6.45, 7) is 7.83. The lowest BCUT2D eigenvalue weighted by atomic mass is 9.83. The molecule has 80 valence electrons. The molecule has 3 heteroatoms. The van der Waals surface area contributed by atoms with E-state index in [2.05, 4.69) is 0 Å². The molecule has 0 spiro atoms. The highest BCUT2D eigenvalue weighted by Crippen LogP contribution is 2.34. The minimum absolute atomic E-state index is 0.0800. The van der Waals surface area contributed by atoms with E-state index in [0.717, 1.165) is 5.76 Å². The summed E-state index contributed by atoms with van der Waals surface area (Å²) < 4.78 is 10.4. The molecule has 1 atom stereocenters. The highest BCUT2D eigenvalue weighted by atomic mass is 16.6. The van der Waals surface area contributed by atoms with E-state index in [1.54, 1.807) is 7.11 Å². The van der Waals surface area contributed by atoms with E-state index in [1.807, 2.05) is 27.7 Å². The minimum atomic E-state index is -0.242. The molecule has 1 heterocycles. The fourth-order valence-corrected chi connectivity index (χ4v) is 1.67. The fourth-order valence-electron chi connectivity index (χ4n) is 1.67. The molecule has 0 N–H and O–H groups in total. The van der Waals surface area contributed by atoms with Crippen molar-refractivity contribution in [2.24, 2.45) is 5.41 Å². The van der Waals surface area contributed by atoms with Crippen molar-refractivity contribution in [3.8, 4) is 0 Å². The molecule has 0 amide bonds. The largest absolute Gasteiger partial charge is 0.500 e. The second-order valence-corrected chi connectivity index (χ2v) is 4.67. The Morgan fingerprint density at radius 2 is 2.00 bits per heavy atom. The van der Waals surface area contributed by atoms with Crippen molar-refractivity contribution in [2.45, 2.75) is 40.2 Å². The monoisotopic (exact) mass is 198 g/mol. The first-order chi connectivity index (χ1) is 6.36. The lowest BCUT2D eigenvalue weighted by Crippen LogP contribution is -2.31. The molecule has 1 unspecified atom stereocenters. The third kappa shape index (κ3) is 2.08. The molecule has 1 aliphatic heterocycles. The van der Waals surface area contributed by atoms with E-state index < -0.39 is 0 Å². The molecule has 0 bridgehead atoms. The summed E-state index contributed by atoms with van der Waals surface area (Å²) in [5.74, 6) is 0.523. The zero-order chi connectivity index (χ0) is 10.9. The van der Waals surface area contributed by atoms with Crippen LogP contribution in [0.4, 0.5) is 0 Å². The number of carbonyl (C=O) groups excluding carboxylic acids is 1. The Morgan fingerprint density at radius 1 is 1.43 bits per heavy atom. The molecular weight excluding hydrogens is 180 g/mol. The van der Waals surface area contributed by atoms with Crippen LogP contribution >= 0.6 is 0 Å². The van der Waals surface area contributed by atoms with Gasteiger partial charge >= 0.3 is 5.97 Å². The number of esters is 1. The second kappa shape index (κ2) is 3.64. The van der Waals surface area contributed by atoms with E-state index in [1.165, 1.54) is 0 Å². The number of hydrogen-bond acceptors (Lipinski definition) is 3. The van der Waals surface area contributed by atoms with Gasteiger partial charge in [-0.3, -0.25) is 0 Å². The summed E-state index contributed by atoms with van der Waals surface area (Å²) in [5, 5.41) is 0. The molecular formula is C11H18O3. The Labute approximate surface area is 85.1 Å². The summed E-state index contributed by atoms with van der Waals surface area (Å²) in [6.07, 6.45) is 0.595. The van der Waals surface area contributed by atoms with Gasteiger partial charge < -0.3 is 9.47 Å². The van der Waals surface area contributed by atoms with Gasteiger partial charge in [-0.25, -0.2) is 4.79 Å². The van der Waals surface area contributed by atoms with Gasteiger partial charge in [-0.1, -0.05) is 20.8 Å². The average Bonchev–Trinajstić information content (AvgIpc) is 1.99. The normalized spacial score (nSPS) is 23.5. The van der Waals surface area contributed by atoms with Crippen molar-refractivity contribution < 1.29 is 14.3 Å². The number of carbonyl (C=O) groups is 1. The van der Waals surface area contributed by atoms with Gasteiger partial charge in [-0.05, 0) is 12.3 Å². The van der Waals surface area contributed by atoms with E-state index >= 15 is 0 Å². The maximum atomic E-state index is 11.7. The van der Waals surface area contributed by atoms with E-state index in [9.17, 15) is 4.79 Å². The smallest absolute Gasteiger partial charge is 0.338 e. The van der Waals surface area contributed by atoms with Crippen LogP contribution in [0.25, 0.3) is 0 Å². The number of ether oxygens (including phenoxy) is 2. The Hall–Kier alpha value is -0.990. The number of rotatable bonds is 1. The number of cyclic esters (lactones) is 1. The first-order valence-corrected chi connectivity index (χ1v) is 4.85. The molecule has 0 radical (unpaired) electrons. The van der Waals surface area contributed by atoms with Crippen LogP contribution in [0.15, 0.2) is 11.3 Å². The maximum Gasteiger partial charge on any atom is 0.338 e. The molecule has 0 aromatic carbocycles. The fraction of sp³-hybridized carbons (Fsp3) is 0.727. The van der Waals surface area contributed by atoms with Gasteiger partial charge in [0.15, 0.2) is 0 Å². The highest BCUT2D eigenvalue weighted by Gasteiger charge is 2.34. The Kier molecular flexibility index (Phi) is 2.88. The molecule has 0 aliphatic carbocycles. The average molecular weight is 198 g/mol. The van der Waals surface area contributed by atoms with Gasteiger partial charge in [0.2, 0.25) is 0 Å². The van der Waals surface area contributed by atoms with Crippen LogP contribution in [0.3, 0.4) is 0 Å². The van der Waals surface area contributed by atoms with Crippen molar-refractivity contribution in [1.29, 1.82) is 0 Å². The highest BCUT2D eigenvalue weighted by molar-refractivity contribution is 5.91. The minimum Gasteiger partial charge on any atom is -0.500 e. The second-order valence-electron chi connectivity index (χ2n) is 4.67. The maximum absolute atomic E-state index is 11.7. The molecule has 0 fully saturated rings. The number of hydrogen-bond donors (Lipinski definition) is 0. The van der Waals surface area contributed by atoms with Crippen LogP contribution < -0.4 is 0 Å². The van der Waals surface area contributed by atoms with Gasteiger partial charge in [-0.15, -0.1) is 0 Å². The van der Waals surface area contributed by atoms with Crippen LogP contribution in [-0.4, -0.2) is 19.2 Å². The van der Waals surface area contributed by atoms with Crippen molar-refractivity contribution in [3.05, 3.63) is 11.3 Å². The first-order valence-electron chi connectivity index (χ1n) is 4.85. The lowest BCUT2D eigenvalue weighted by molar-refractivity contribution is -0.147.